The van der Waals surface area contributed by atoms with E-state index < -0.39 is 6.10 Å². The highest BCUT2D eigenvalue weighted by molar-refractivity contribution is 5.38. The molecule has 0 amide bonds. The Bertz CT molecular complexity index is 314. The SMILES string of the molecule is CC1Oc2ccccc2C(N)C1O. The second-order valence-electron chi connectivity index (χ2n) is 3.38. The van der Waals surface area contributed by atoms with Gasteiger partial charge in [0.1, 0.15) is 18.0 Å². The molecule has 1 heterocycles. The van der Waals surface area contributed by atoms with E-state index in [-0.39, 0.29) is 12.1 Å². The first-order valence-corrected chi connectivity index (χ1v) is 4.39. The lowest BCUT2D eigenvalue weighted by Crippen LogP contribution is -2.42. The summed E-state index contributed by atoms with van der Waals surface area (Å²) in [5.41, 5.74) is 6.73. The van der Waals surface area contributed by atoms with Crippen molar-refractivity contribution >= 4 is 0 Å². The standard InChI is InChI=1S/C10H13NO2/c1-6-10(12)9(11)7-4-2-3-5-8(7)13-6/h2-6,9-10,12H,11H2,1H3. The van der Waals surface area contributed by atoms with E-state index in [2.05, 4.69) is 0 Å². The number of hydrogen-bond donors (Lipinski definition) is 2. The van der Waals surface area contributed by atoms with E-state index in [4.69, 9.17) is 10.5 Å². The lowest BCUT2D eigenvalue weighted by atomic mass is 9.95. The van der Waals surface area contributed by atoms with E-state index in [1.54, 1.807) is 0 Å². The van der Waals surface area contributed by atoms with Gasteiger partial charge in [0.25, 0.3) is 0 Å². The van der Waals surface area contributed by atoms with Crippen LogP contribution in [0.25, 0.3) is 0 Å². The fourth-order valence-corrected chi connectivity index (χ4v) is 1.61. The van der Waals surface area contributed by atoms with Crippen LogP contribution >= 0.6 is 0 Å². The second-order valence-corrected chi connectivity index (χ2v) is 3.38. The summed E-state index contributed by atoms with van der Waals surface area (Å²) < 4.78 is 5.48. The molecule has 2 rings (SSSR count). The highest BCUT2D eigenvalue weighted by Crippen LogP contribution is 2.32. The molecule has 13 heavy (non-hydrogen) atoms. The number of nitrogens with two attached hydrogens (primary N) is 1. The summed E-state index contributed by atoms with van der Waals surface area (Å²) >= 11 is 0. The van der Waals surface area contributed by atoms with Crippen LogP contribution in [0.5, 0.6) is 5.75 Å². The second kappa shape index (κ2) is 3.01. The Morgan fingerprint density at radius 1 is 1.38 bits per heavy atom. The van der Waals surface area contributed by atoms with Crippen LogP contribution in [0.3, 0.4) is 0 Å². The Morgan fingerprint density at radius 2 is 2.08 bits per heavy atom. The molecule has 1 aliphatic rings. The highest BCUT2D eigenvalue weighted by atomic mass is 16.5. The topological polar surface area (TPSA) is 55.5 Å². The third-order valence-electron chi connectivity index (χ3n) is 2.44. The Labute approximate surface area is 77.1 Å². The normalized spacial score (nSPS) is 32.1. The molecule has 0 fully saturated rings. The number of ether oxygens (including phenoxy) is 1. The summed E-state index contributed by atoms with van der Waals surface area (Å²) in [6.45, 7) is 1.82. The maximum absolute atomic E-state index is 9.64. The van der Waals surface area contributed by atoms with Crippen LogP contribution in [0, 0.1) is 0 Å². The molecule has 3 N–H and O–H groups in total. The van der Waals surface area contributed by atoms with E-state index >= 15 is 0 Å². The number of benzene rings is 1. The molecule has 70 valence electrons. The predicted molar refractivity (Wildman–Crippen MR) is 49.5 cm³/mol. The van der Waals surface area contributed by atoms with Crippen molar-refractivity contribution in [2.75, 3.05) is 0 Å². The van der Waals surface area contributed by atoms with Crippen molar-refractivity contribution in [2.24, 2.45) is 5.73 Å². The summed E-state index contributed by atoms with van der Waals surface area (Å²) in [6, 6.07) is 7.22. The molecule has 3 atom stereocenters. The van der Waals surface area contributed by atoms with Gasteiger partial charge >= 0.3 is 0 Å². The van der Waals surface area contributed by atoms with Crippen molar-refractivity contribution in [3.8, 4) is 5.75 Å². The van der Waals surface area contributed by atoms with Crippen LogP contribution in [-0.4, -0.2) is 17.3 Å². The number of fused-ring (bicyclic) bond motifs is 1. The van der Waals surface area contributed by atoms with Gasteiger partial charge < -0.3 is 15.6 Å². The number of para-hydroxylation sites is 1. The maximum Gasteiger partial charge on any atom is 0.124 e. The zero-order chi connectivity index (χ0) is 9.42. The summed E-state index contributed by atoms with van der Waals surface area (Å²) in [6.07, 6.45) is -0.847. The van der Waals surface area contributed by atoms with Crippen molar-refractivity contribution in [3.05, 3.63) is 29.8 Å². The fourth-order valence-electron chi connectivity index (χ4n) is 1.61. The first-order valence-electron chi connectivity index (χ1n) is 4.39. The molecule has 0 saturated heterocycles. The van der Waals surface area contributed by atoms with Gasteiger partial charge in [-0.05, 0) is 13.0 Å². The summed E-state index contributed by atoms with van der Waals surface area (Å²) in [7, 11) is 0. The largest absolute Gasteiger partial charge is 0.488 e. The van der Waals surface area contributed by atoms with Gasteiger partial charge in [-0.25, -0.2) is 0 Å². The van der Waals surface area contributed by atoms with Gasteiger partial charge in [-0.1, -0.05) is 18.2 Å². The molecule has 1 aliphatic heterocycles. The number of aliphatic hydroxyl groups is 1. The monoisotopic (exact) mass is 179 g/mol. The fraction of sp³-hybridized carbons (Fsp3) is 0.400. The van der Waals surface area contributed by atoms with Crippen LogP contribution in [0.15, 0.2) is 24.3 Å². The van der Waals surface area contributed by atoms with Gasteiger partial charge in [-0.15, -0.1) is 0 Å². The van der Waals surface area contributed by atoms with Crippen molar-refractivity contribution in [3.63, 3.8) is 0 Å². The molecular formula is C10H13NO2. The summed E-state index contributed by atoms with van der Waals surface area (Å²) in [5.74, 6) is 0.785. The van der Waals surface area contributed by atoms with Gasteiger partial charge in [-0.3, -0.25) is 0 Å². The van der Waals surface area contributed by atoms with E-state index in [9.17, 15) is 5.11 Å². The van der Waals surface area contributed by atoms with Crippen molar-refractivity contribution in [1.29, 1.82) is 0 Å². The number of rotatable bonds is 0. The summed E-state index contributed by atoms with van der Waals surface area (Å²) in [5, 5.41) is 9.64. The Morgan fingerprint density at radius 3 is 2.85 bits per heavy atom. The van der Waals surface area contributed by atoms with Gasteiger partial charge in [0, 0.05) is 5.56 Å². The first-order chi connectivity index (χ1) is 6.20. The molecule has 1 aromatic carbocycles. The molecule has 0 aliphatic carbocycles. The minimum Gasteiger partial charge on any atom is -0.488 e. The maximum atomic E-state index is 9.64. The molecular weight excluding hydrogens is 166 g/mol. The van der Waals surface area contributed by atoms with Gasteiger partial charge in [0.05, 0.1) is 6.04 Å². The quantitative estimate of drug-likeness (QED) is 0.620. The third-order valence-corrected chi connectivity index (χ3v) is 2.44. The Hall–Kier alpha value is -1.06. The Kier molecular flexibility index (Phi) is 1.98. The highest BCUT2D eigenvalue weighted by Gasteiger charge is 2.31. The van der Waals surface area contributed by atoms with E-state index in [0.29, 0.717) is 0 Å². The van der Waals surface area contributed by atoms with Crippen LogP contribution in [-0.2, 0) is 0 Å². The summed E-state index contributed by atoms with van der Waals surface area (Å²) in [4.78, 5) is 0. The van der Waals surface area contributed by atoms with Gasteiger partial charge in [0.2, 0.25) is 0 Å². The average molecular weight is 179 g/mol. The minimum absolute atomic E-state index is 0.232. The smallest absolute Gasteiger partial charge is 0.124 e. The minimum atomic E-state index is -0.616. The zero-order valence-corrected chi connectivity index (χ0v) is 7.47. The van der Waals surface area contributed by atoms with Gasteiger partial charge in [-0.2, -0.15) is 0 Å². The van der Waals surface area contributed by atoms with E-state index in [0.717, 1.165) is 11.3 Å². The van der Waals surface area contributed by atoms with Crippen molar-refractivity contribution in [2.45, 2.75) is 25.2 Å². The zero-order valence-electron chi connectivity index (χ0n) is 7.47. The van der Waals surface area contributed by atoms with Crippen LogP contribution in [0.4, 0.5) is 0 Å². The number of hydrogen-bond acceptors (Lipinski definition) is 3. The first kappa shape index (κ1) is 8.53. The molecule has 3 unspecified atom stereocenters. The average Bonchev–Trinajstić information content (AvgIpc) is 2.15. The van der Waals surface area contributed by atoms with E-state index in [1.807, 2.05) is 31.2 Å². The molecule has 3 heteroatoms. The Balaban J connectivity index is 2.43. The third kappa shape index (κ3) is 1.30. The molecule has 0 spiro atoms. The molecule has 0 bridgehead atoms. The van der Waals surface area contributed by atoms with Crippen LogP contribution < -0.4 is 10.5 Å². The molecule has 0 radical (unpaired) electrons. The van der Waals surface area contributed by atoms with Gasteiger partial charge in [0.15, 0.2) is 0 Å². The van der Waals surface area contributed by atoms with E-state index in [1.165, 1.54) is 0 Å². The molecule has 3 nitrogen and oxygen atoms in total. The molecule has 0 aromatic heterocycles. The number of aliphatic hydroxyl groups excluding tert-OH is 1. The van der Waals surface area contributed by atoms with Crippen molar-refractivity contribution in [1.82, 2.24) is 0 Å². The van der Waals surface area contributed by atoms with Crippen LogP contribution in [0.2, 0.25) is 0 Å². The molecule has 0 saturated carbocycles. The van der Waals surface area contributed by atoms with Crippen LogP contribution in [0.1, 0.15) is 18.5 Å². The molecule has 1 aromatic rings. The lowest BCUT2D eigenvalue weighted by Gasteiger charge is -2.32. The predicted octanol–water partition coefficient (Wildman–Crippen LogP) is 0.828. The lowest BCUT2D eigenvalue weighted by molar-refractivity contribution is 0.0126. The van der Waals surface area contributed by atoms with Crippen molar-refractivity contribution < 1.29 is 9.84 Å².